The van der Waals surface area contributed by atoms with Crippen LogP contribution < -0.4 is 10.1 Å². The lowest BCUT2D eigenvalue weighted by Crippen LogP contribution is -2.51. The van der Waals surface area contributed by atoms with Crippen molar-refractivity contribution in [1.82, 2.24) is 14.5 Å². The summed E-state index contributed by atoms with van der Waals surface area (Å²) in [5.74, 6) is -0.270. The second kappa shape index (κ2) is 16.6. The predicted octanol–water partition coefficient (Wildman–Crippen LogP) is 4.69. The largest absolute Gasteiger partial charge is 0.484 e. The monoisotopic (exact) mass is 641 g/mol. The summed E-state index contributed by atoms with van der Waals surface area (Å²) in [5, 5.41) is 3.60. The van der Waals surface area contributed by atoms with Crippen LogP contribution in [0.3, 0.4) is 0 Å². The maximum atomic E-state index is 13.8. The number of ether oxygens (including phenoxy) is 2. The number of sulfonamides is 1. The van der Waals surface area contributed by atoms with Gasteiger partial charge in [0, 0.05) is 37.6 Å². The van der Waals surface area contributed by atoms with Crippen LogP contribution in [0, 0.1) is 0 Å². The van der Waals surface area contributed by atoms with Gasteiger partial charge in [-0.25, -0.2) is 8.42 Å². The molecule has 0 aromatic heterocycles. The van der Waals surface area contributed by atoms with E-state index in [0.29, 0.717) is 50.0 Å². The van der Waals surface area contributed by atoms with Gasteiger partial charge in [0.15, 0.2) is 6.61 Å². The molecule has 2 amide bonds. The van der Waals surface area contributed by atoms with E-state index in [1.54, 1.807) is 17.0 Å². The maximum Gasteiger partial charge on any atom is 0.261 e. The lowest BCUT2D eigenvalue weighted by Gasteiger charge is -2.31. The summed E-state index contributed by atoms with van der Waals surface area (Å²) in [5.41, 5.74) is 1.74. The van der Waals surface area contributed by atoms with Crippen LogP contribution in [-0.4, -0.2) is 74.9 Å². The molecule has 3 aromatic carbocycles. The van der Waals surface area contributed by atoms with E-state index in [-0.39, 0.29) is 29.9 Å². The van der Waals surface area contributed by atoms with Crippen molar-refractivity contribution in [1.29, 1.82) is 0 Å². The molecule has 236 valence electrons. The molecule has 11 heteroatoms. The summed E-state index contributed by atoms with van der Waals surface area (Å²) in [6.45, 7) is 3.78. The number of amides is 2. The van der Waals surface area contributed by atoms with Crippen LogP contribution in [0.1, 0.15) is 37.3 Å². The van der Waals surface area contributed by atoms with Gasteiger partial charge < -0.3 is 19.7 Å². The van der Waals surface area contributed by atoms with Crippen molar-refractivity contribution >= 4 is 33.4 Å². The van der Waals surface area contributed by atoms with Gasteiger partial charge in [-0.15, -0.1) is 0 Å². The van der Waals surface area contributed by atoms with Crippen molar-refractivity contribution in [2.45, 2.75) is 50.1 Å². The quantitative estimate of drug-likeness (QED) is 0.242. The molecule has 3 aromatic rings. The highest BCUT2D eigenvalue weighted by Gasteiger charge is 2.31. The first-order chi connectivity index (χ1) is 21.3. The summed E-state index contributed by atoms with van der Waals surface area (Å²) in [7, 11) is -3.65. The van der Waals surface area contributed by atoms with Crippen molar-refractivity contribution in [3.63, 3.8) is 0 Å². The number of morpholine rings is 1. The predicted molar refractivity (Wildman–Crippen MR) is 170 cm³/mol. The standard InChI is InChI=1S/C33H40ClN3O6S/c1-2-3-7-18-35-33(39)31(23-26-8-5-4-6-9-26)37(24-27-10-12-28(34)13-11-27)32(38)25-43-29-14-16-30(17-15-29)44(40,41)36-19-21-42-22-20-36/h4-6,8-17,31H,2-3,7,18-25H2,1H3,(H,35,39)/t31-/m0/s1. The van der Waals surface area contributed by atoms with Crippen LogP contribution in [0.4, 0.5) is 0 Å². The minimum atomic E-state index is -3.65. The Morgan fingerprint density at radius 2 is 1.64 bits per heavy atom. The van der Waals surface area contributed by atoms with Crippen LogP contribution in [0.5, 0.6) is 5.75 Å². The first-order valence-electron chi connectivity index (χ1n) is 14.9. The third-order valence-electron chi connectivity index (χ3n) is 7.41. The average molecular weight is 642 g/mol. The van der Waals surface area contributed by atoms with Crippen molar-refractivity contribution in [2.24, 2.45) is 0 Å². The molecule has 0 spiro atoms. The van der Waals surface area contributed by atoms with Crippen LogP contribution in [0.2, 0.25) is 5.02 Å². The summed E-state index contributed by atoms with van der Waals surface area (Å²) >= 11 is 6.10. The van der Waals surface area contributed by atoms with Crippen LogP contribution in [-0.2, 0) is 37.3 Å². The van der Waals surface area contributed by atoms with Gasteiger partial charge in [0.05, 0.1) is 18.1 Å². The third kappa shape index (κ3) is 9.53. The number of nitrogens with one attached hydrogen (secondary N) is 1. The first-order valence-corrected chi connectivity index (χ1v) is 16.8. The van der Waals surface area contributed by atoms with E-state index in [1.807, 2.05) is 42.5 Å². The number of halogens is 1. The number of benzene rings is 3. The number of hydrogen-bond donors (Lipinski definition) is 1. The SMILES string of the molecule is CCCCCNC(=O)[C@H](Cc1ccccc1)N(Cc1ccc(Cl)cc1)C(=O)COc1ccc(S(=O)(=O)N2CCOCC2)cc1. The van der Waals surface area contributed by atoms with E-state index in [2.05, 4.69) is 12.2 Å². The highest BCUT2D eigenvalue weighted by atomic mass is 35.5. The van der Waals surface area contributed by atoms with Crippen molar-refractivity contribution in [2.75, 3.05) is 39.5 Å². The summed E-state index contributed by atoms with van der Waals surface area (Å²) in [6, 6.07) is 22.0. The molecule has 4 rings (SSSR count). The highest BCUT2D eigenvalue weighted by Crippen LogP contribution is 2.22. The zero-order valence-corrected chi connectivity index (χ0v) is 26.6. The molecule has 44 heavy (non-hydrogen) atoms. The van der Waals surface area contributed by atoms with E-state index >= 15 is 0 Å². The normalized spacial score (nSPS) is 14.5. The lowest BCUT2D eigenvalue weighted by atomic mass is 10.0. The molecule has 0 bridgehead atoms. The second-order valence-electron chi connectivity index (χ2n) is 10.6. The van der Waals surface area contributed by atoms with Crippen molar-refractivity contribution in [3.05, 3.63) is 95.0 Å². The molecule has 0 saturated carbocycles. The molecule has 1 saturated heterocycles. The Morgan fingerprint density at radius 1 is 0.955 bits per heavy atom. The average Bonchev–Trinajstić information content (AvgIpc) is 3.05. The Bertz CT molecular complexity index is 1450. The Labute approximate surface area is 265 Å². The maximum absolute atomic E-state index is 13.8. The number of nitrogens with zero attached hydrogens (tertiary/aromatic N) is 2. The molecular weight excluding hydrogens is 602 g/mol. The fraction of sp³-hybridized carbons (Fsp3) is 0.394. The summed E-state index contributed by atoms with van der Waals surface area (Å²) in [4.78, 5) is 29.1. The van der Waals surface area contributed by atoms with Gasteiger partial charge in [0.1, 0.15) is 11.8 Å². The van der Waals surface area contributed by atoms with Gasteiger partial charge in [0.2, 0.25) is 15.9 Å². The number of hydrogen-bond acceptors (Lipinski definition) is 6. The third-order valence-corrected chi connectivity index (χ3v) is 9.58. The van der Waals surface area contributed by atoms with Crippen LogP contribution in [0.25, 0.3) is 0 Å². The molecular formula is C33H40ClN3O6S. The second-order valence-corrected chi connectivity index (χ2v) is 13.0. The van der Waals surface area contributed by atoms with Gasteiger partial charge >= 0.3 is 0 Å². The minimum absolute atomic E-state index is 0.144. The van der Waals surface area contributed by atoms with Gasteiger partial charge in [0.25, 0.3) is 5.91 Å². The van der Waals surface area contributed by atoms with Gasteiger partial charge in [-0.1, -0.05) is 73.8 Å². The Hall–Kier alpha value is -3.44. The number of carbonyl (C=O) groups excluding carboxylic acids is 2. The highest BCUT2D eigenvalue weighted by molar-refractivity contribution is 7.89. The van der Waals surface area contributed by atoms with Crippen molar-refractivity contribution in [3.8, 4) is 5.75 Å². The molecule has 1 aliphatic heterocycles. The number of unbranched alkanes of at least 4 members (excludes halogenated alkanes) is 2. The lowest BCUT2D eigenvalue weighted by molar-refractivity contribution is -0.142. The topological polar surface area (TPSA) is 105 Å². The molecule has 1 fully saturated rings. The molecule has 1 atom stereocenters. The fourth-order valence-electron chi connectivity index (χ4n) is 4.92. The Kier molecular flexibility index (Phi) is 12.6. The summed E-state index contributed by atoms with van der Waals surface area (Å²) < 4.78 is 38.4. The van der Waals surface area contributed by atoms with E-state index in [4.69, 9.17) is 21.1 Å². The van der Waals surface area contributed by atoms with E-state index in [1.165, 1.54) is 28.6 Å². The molecule has 1 aliphatic rings. The van der Waals surface area contributed by atoms with Gasteiger partial charge in [-0.2, -0.15) is 4.31 Å². The van der Waals surface area contributed by atoms with E-state index in [0.717, 1.165) is 30.4 Å². The fourth-order valence-corrected chi connectivity index (χ4v) is 6.45. The van der Waals surface area contributed by atoms with E-state index < -0.39 is 16.1 Å². The van der Waals surface area contributed by atoms with Crippen LogP contribution in [0.15, 0.2) is 83.8 Å². The Balaban J connectivity index is 1.52. The molecule has 1 heterocycles. The molecule has 0 aliphatic carbocycles. The first kappa shape index (κ1) is 33.5. The Morgan fingerprint density at radius 3 is 2.30 bits per heavy atom. The molecule has 9 nitrogen and oxygen atoms in total. The molecule has 1 N–H and O–H groups in total. The van der Waals surface area contributed by atoms with Crippen LogP contribution >= 0.6 is 11.6 Å². The van der Waals surface area contributed by atoms with Gasteiger partial charge in [-0.3, -0.25) is 9.59 Å². The molecule has 0 radical (unpaired) electrons. The van der Waals surface area contributed by atoms with E-state index in [9.17, 15) is 18.0 Å². The summed E-state index contributed by atoms with van der Waals surface area (Å²) in [6.07, 6.45) is 3.21. The number of rotatable bonds is 15. The van der Waals surface area contributed by atoms with Crippen molar-refractivity contribution < 1.29 is 27.5 Å². The minimum Gasteiger partial charge on any atom is -0.484 e. The zero-order valence-electron chi connectivity index (χ0n) is 25.0. The molecule has 0 unspecified atom stereocenters. The smallest absolute Gasteiger partial charge is 0.261 e. The number of carbonyl (C=O) groups is 2. The van der Waals surface area contributed by atoms with Gasteiger partial charge in [-0.05, 0) is 53.9 Å². The zero-order chi connectivity index (χ0) is 31.4.